The zero-order valence-corrected chi connectivity index (χ0v) is 13.2. The summed E-state index contributed by atoms with van der Waals surface area (Å²) in [5, 5.41) is 0. The van der Waals surface area contributed by atoms with Crippen LogP contribution in [0.25, 0.3) is 0 Å². The largest absolute Gasteiger partial charge is 0.486 e. The van der Waals surface area contributed by atoms with Gasteiger partial charge in [-0.05, 0) is 25.8 Å². The Morgan fingerprint density at radius 3 is 2.96 bits per heavy atom. The van der Waals surface area contributed by atoms with Crippen LogP contribution in [0.4, 0.5) is 11.8 Å². The van der Waals surface area contributed by atoms with Gasteiger partial charge in [-0.3, -0.25) is 0 Å². The van der Waals surface area contributed by atoms with Gasteiger partial charge < -0.3 is 20.1 Å². The van der Waals surface area contributed by atoms with Crippen molar-refractivity contribution in [2.75, 3.05) is 30.4 Å². The van der Waals surface area contributed by atoms with Crippen molar-refractivity contribution in [1.82, 2.24) is 9.97 Å². The van der Waals surface area contributed by atoms with E-state index in [1.807, 2.05) is 25.1 Å². The molecule has 4 rings (SSSR count). The number of rotatable bonds is 2. The number of nitrogens with two attached hydrogens (primary N) is 1. The van der Waals surface area contributed by atoms with Gasteiger partial charge in [0.25, 0.3) is 0 Å². The Kier molecular flexibility index (Phi) is 3.44. The molecule has 1 atom stereocenters. The van der Waals surface area contributed by atoms with Crippen LogP contribution in [0.5, 0.6) is 11.5 Å². The van der Waals surface area contributed by atoms with E-state index in [0.717, 1.165) is 48.0 Å². The highest BCUT2D eigenvalue weighted by molar-refractivity contribution is 5.54. The number of hydrogen-bond acceptors (Lipinski definition) is 6. The van der Waals surface area contributed by atoms with Crippen LogP contribution >= 0.6 is 0 Å². The van der Waals surface area contributed by atoms with Gasteiger partial charge in [0.1, 0.15) is 19.0 Å². The van der Waals surface area contributed by atoms with E-state index in [0.29, 0.717) is 19.2 Å². The van der Waals surface area contributed by atoms with Gasteiger partial charge in [-0.2, -0.15) is 4.98 Å². The highest BCUT2D eigenvalue weighted by Crippen LogP contribution is 2.44. The number of para-hydroxylation sites is 1. The number of nitrogen functional groups attached to an aromatic ring is 1. The van der Waals surface area contributed by atoms with Crippen LogP contribution in [0.3, 0.4) is 0 Å². The number of anilines is 2. The summed E-state index contributed by atoms with van der Waals surface area (Å²) >= 11 is 0. The van der Waals surface area contributed by atoms with E-state index in [4.69, 9.17) is 15.2 Å². The summed E-state index contributed by atoms with van der Waals surface area (Å²) in [5.41, 5.74) is 7.87. The van der Waals surface area contributed by atoms with E-state index in [1.165, 1.54) is 0 Å². The van der Waals surface area contributed by atoms with E-state index in [2.05, 4.69) is 20.9 Å². The molecule has 0 spiro atoms. The van der Waals surface area contributed by atoms with Crippen molar-refractivity contribution < 1.29 is 9.47 Å². The standard InChI is InChI=1S/C17H20N4O2/c1-11-10-15(20-17(18)19-11)21-7-3-5-13(21)12-4-2-6-14-16(12)23-9-8-22-14/h2,4,6,10,13H,3,5,7-9H2,1H3,(H2,18,19,20)/t13-/m0/s1. The fourth-order valence-electron chi connectivity index (χ4n) is 3.44. The van der Waals surface area contributed by atoms with E-state index in [9.17, 15) is 0 Å². The minimum absolute atomic E-state index is 0.223. The van der Waals surface area contributed by atoms with Crippen LogP contribution in [0.2, 0.25) is 0 Å². The smallest absolute Gasteiger partial charge is 0.222 e. The summed E-state index contributed by atoms with van der Waals surface area (Å²) < 4.78 is 11.6. The molecule has 2 aliphatic heterocycles. The van der Waals surface area contributed by atoms with E-state index < -0.39 is 0 Å². The number of aromatic nitrogens is 2. The Labute approximate surface area is 135 Å². The van der Waals surface area contributed by atoms with Gasteiger partial charge in [-0.25, -0.2) is 4.98 Å². The average Bonchev–Trinajstić information content (AvgIpc) is 3.03. The summed E-state index contributed by atoms with van der Waals surface area (Å²) in [6, 6.07) is 8.32. The third kappa shape index (κ3) is 2.54. The number of benzene rings is 1. The summed E-state index contributed by atoms with van der Waals surface area (Å²) in [5.74, 6) is 2.90. The summed E-state index contributed by atoms with van der Waals surface area (Å²) in [6.07, 6.45) is 2.17. The number of fused-ring (bicyclic) bond motifs is 1. The Bertz CT molecular complexity index is 714. The maximum atomic E-state index is 5.89. The zero-order chi connectivity index (χ0) is 15.8. The normalized spacial score (nSPS) is 19.9. The molecular weight excluding hydrogens is 292 g/mol. The van der Waals surface area contributed by atoms with Gasteiger partial charge in [-0.15, -0.1) is 0 Å². The van der Waals surface area contributed by atoms with Crippen molar-refractivity contribution >= 4 is 11.8 Å². The lowest BCUT2D eigenvalue weighted by Crippen LogP contribution is -2.26. The highest BCUT2D eigenvalue weighted by atomic mass is 16.6. The van der Waals surface area contributed by atoms with Crippen molar-refractivity contribution in [3.05, 3.63) is 35.5 Å². The molecule has 0 aliphatic carbocycles. The molecule has 2 N–H and O–H groups in total. The molecule has 23 heavy (non-hydrogen) atoms. The summed E-state index contributed by atoms with van der Waals surface area (Å²) in [4.78, 5) is 10.9. The zero-order valence-electron chi connectivity index (χ0n) is 13.2. The monoisotopic (exact) mass is 312 g/mol. The molecule has 3 heterocycles. The van der Waals surface area contributed by atoms with Gasteiger partial charge in [0.05, 0.1) is 6.04 Å². The first-order valence-corrected chi connectivity index (χ1v) is 7.99. The lowest BCUT2D eigenvalue weighted by molar-refractivity contribution is 0.169. The first-order chi connectivity index (χ1) is 11.2. The second-order valence-corrected chi connectivity index (χ2v) is 5.95. The molecule has 120 valence electrons. The second-order valence-electron chi connectivity index (χ2n) is 5.95. The Hall–Kier alpha value is -2.50. The molecule has 0 bridgehead atoms. The SMILES string of the molecule is Cc1cc(N2CCC[C@H]2c2cccc3c2OCCO3)nc(N)n1. The molecule has 1 saturated heterocycles. The van der Waals surface area contributed by atoms with E-state index in [1.54, 1.807) is 0 Å². The van der Waals surface area contributed by atoms with E-state index >= 15 is 0 Å². The molecule has 1 fully saturated rings. The van der Waals surface area contributed by atoms with Crippen molar-refractivity contribution in [1.29, 1.82) is 0 Å². The fraction of sp³-hybridized carbons (Fsp3) is 0.412. The van der Waals surface area contributed by atoms with Crippen molar-refractivity contribution in [3.8, 4) is 11.5 Å². The second kappa shape index (κ2) is 5.61. The molecule has 0 saturated carbocycles. The first kappa shape index (κ1) is 14.1. The quantitative estimate of drug-likeness (QED) is 0.918. The van der Waals surface area contributed by atoms with E-state index in [-0.39, 0.29) is 6.04 Å². The molecule has 6 heteroatoms. The molecule has 0 amide bonds. The molecule has 2 aromatic rings. The third-order valence-corrected chi connectivity index (χ3v) is 4.36. The molecular formula is C17H20N4O2. The van der Waals surface area contributed by atoms with Crippen molar-refractivity contribution in [2.45, 2.75) is 25.8 Å². The number of aryl methyl sites for hydroxylation is 1. The maximum absolute atomic E-state index is 5.89. The summed E-state index contributed by atoms with van der Waals surface area (Å²) in [7, 11) is 0. The Balaban J connectivity index is 1.74. The number of nitrogens with zero attached hydrogens (tertiary/aromatic N) is 3. The van der Waals surface area contributed by atoms with Crippen LogP contribution in [0.1, 0.15) is 30.1 Å². The Morgan fingerprint density at radius 2 is 2.09 bits per heavy atom. The van der Waals surface area contributed by atoms with Gasteiger partial charge in [-0.1, -0.05) is 12.1 Å². The summed E-state index contributed by atoms with van der Waals surface area (Å²) in [6.45, 7) is 4.09. The third-order valence-electron chi connectivity index (χ3n) is 4.36. The molecule has 2 aliphatic rings. The number of hydrogen-bond donors (Lipinski definition) is 1. The Morgan fingerprint density at radius 1 is 1.22 bits per heavy atom. The maximum Gasteiger partial charge on any atom is 0.222 e. The van der Waals surface area contributed by atoms with Crippen LogP contribution in [0.15, 0.2) is 24.3 Å². The van der Waals surface area contributed by atoms with Gasteiger partial charge >= 0.3 is 0 Å². The van der Waals surface area contributed by atoms with Crippen LogP contribution in [-0.4, -0.2) is 29.7 Å². The molecule has 1 aromatic heterocycles. The minimum atomic E-state index is 0.223. The van der Waals surface area contributed by atoms with Crippen LogP contribution < -0.4 is 20.1 Å². The molecule has 0 unspecified atom stereocenters. The minimum Gasteiger partial charge on any atom is -0.486 e. The van der Waals surface area contributed by atoms with Crippen molar-refractivity contribution in [2.24, 2.45) is 0 Å². The lowest BCUT2D eigenvalue weighted by atomic mass is 10.0. The predicted octanol–water partition coefficient (Wildman–Crippen LogP) is 2.48. The average molecular weight is 312 g/mol. The molecule has 6 nitrogen and oxygen atoms in total. The van der Waals surface area contributed by atoms with Crippen LogP contribution in [-0.2, 0) is 0 Å². The topological polar surface area (TPSA) is 73.5 Å². The fourth-order valence-corrected chi connectivity index (χ4v) is 3.44. The van der Waals surface area contributed by atoms with Crippen LogP contribution in [0, 0.1) is 6.92 Å². The molecule has 0 radical (unpaired) electrons. The molecule has 1 aromatic carbocycles. The predicted molar refractivity (Wildman–Crippen MR) is 87.9 cm³/mol. The lowest BCUT2D eigenvalue weighted by Gasteiger charge is -2.29. The number of ether oxygens (including phenoxy) is 2. The van der Waals surface area contributed by atoms with Gasteiger partial charge in [0.15, 0.2) is 11.5 Å². The highest BCUT2D eigenvalue weighted by Gasteiger charge is 2.31. The first-order valence-electron chi connectivity index (χ1n) is 7.99. The van der Waals surface area contributed by atoms with Gasteiger partial charge in [0.2, 0.25) is 5.95 Å². The van der Waals surface area contributed by atoms with Gasteiger partial charge in [0, 0.05) is 23.9 Å². The van der Waals surface area contributed by atoms with Crippen molar-refractivity contribution in [3.63, 3.8) is 0 Å².